The molecule has 1 N–H and O–H groups in total. The van der Waals surface area contributed by atoms with Crippen LogP contribution in [-0.4, -0.2) is 41.7 Å². The van der Waals surface area contributed by atoms with Gasteiger partial charge in [0, 0.05) is 19.0 Å². The molecule has 12 heteroatoms. The van der Waals surface area contributed by atoms with Gasteiger partial charge in [-0.05, 0) is 42.3 Å². The maximum absolute atomic E-state index is 14.1. The monoisotopic (exact) mass is 539 g/mol. The number of aliphatic carboxylic acids is 1. The highest BCUT2D eigenvalue weighted by Gasteiger charge is 2.37. The first-order valence-corrected chi connectivity index (χ1v) is 12.6. The van der Waals surface area contributed by atoms with Gasteiger partial charge in [-0.15, -0.1) is 0 Å². The first-order chi connectivity index (χ1) is 16.6. The van der Waals surface area contributed by atoms with E-state index in [0.29, 0.717) is 5.56 Å². The van der Waals surface area contributed by atoms with Crippen LogP contribution in [0.1, 0.15) is 24.0 Å². The number of halogens is 3. The number of nitrogens with zero attached hydrogens (tertiary/aromatic N) is 3. The predicted octanol–water partition coefficient (Wildman–Crippen LogP) is 4.86. The lowest BCUT2D eigenvalue weighted by molar-refractivity contribution is -0.137. The second kappa shape index (κ2) is 9.88. The van der Waals surface area contributed by atoms with E-state index >= 15 is 0 Å². The lowest BCUT2D eigenvalue weighted by Gasteiger charge is -2.35. The van der Waals surface area contributed by atoms with E-state index in [-0.39, 0.29) is 51.6 Å². The van der Waals surface area contributed by atoms with E-state index in [0.717, 1.165) is 4.31 Å². The van der Waals surface area contributed by atoms with Crippen LogP contribution in [0.3, 0.4) is 0 Å². The minimum atomic E-state index is -4.22. The maximum atomic E-state index is 14.1. The molecular formula is C23H20Cl2FN3O5S. The zero-order valence-electron chi connectivity index (χ0n) is 18.4. The number of fused-ring (bicyclic) bond motifs is 1. The van der Waals surface area contributed by atoms with Crippen LogP contribution in [0.15, 0.2) is 47.8 Å². The van der Waals surface area contributed by atoms with Crippen molar-refractivity contribution < 1.29 is 27.4 Å². The van der Waals surface area contributed by atoms with Crippen molar-refractivity contribution in [3.63, 3.8) is 0 Å². The van der Waals surface area contributed by atoms with Crippen LogP contribution >= 0.6 is 23.2 Å². The van der Waals surface area contributed by atoms with Crippen molar-refractivity contribution in [3.8, 4) is 5.75 Å². The van der Waals surface area contributed by atoms with Gasteiger partial charge in [-0.25, -0.2) is 9.37 Å². The van der Waals surface area contributed by atoms with Crippen molar-refractivity contribution in [3.05, 3.63) is 69.8 Å². The fourth-order valence-electron chi connectivity index (χ4n) is 3.62. The van der Waals surface area contributed by atoms with Crippen molar-refractivity contribution in [2.75, 3.05) is 10.8 Å². The average molecular weight is 540 g/mol. The highest BCUT2D eigenvalue weighted by Crippen LogP contribution is 2.39. The van der Waals surface area contributed by atoms with E-state index < -0.39 is 27.9 Å². The molecule has 0 bridgehead atoms. The van der Waals surface area contributed by atoms with E-state index in [1.54, 1.807) is 37.4 Å². The van der Waals surface area contributed by atoms with Crippen molar-refractivity contribution in [1.82, 2.24) is 9.55 Å². The first kappa shape index (κ1) is 25.0. The number of aryl methyl sites for hydroxylation is 1. The Bertz CT molecular complexity index is 1400. The van der Waals surface area contributed by atoms with Crippen LogP contribution < -0.4 is 9.04 Å². The van der Waals surface area contributed by atoms with Gasteiger partial charge in [0.15, 0.2) is 0 Å². The number of hydrogen-bond donors (Lipinski definition) is 1. The van der Waals surface area contributed by atoms with Gasteiger partial charge in [-0.2, -0.15) is 8.42 Å². The SMILES string of the molecule is Cn1cnc(S(=O)(=O)N2CC(CCC(=O)O)Oc3ccc(C=Cc4c(F)cccc4Cl)cc32)c1Cl. The summed E-state index contributed by atoms with van der Waals surface area (Å²) < 4.78 is 49.6. The molecule has 184 valence electrons. The fourth-order valence-corrected chi connectivity index (χ4v) is 5.74. The van der Waals surface area contributed by atoms with Gasteiger partial charge >= 0.3 is 5.97 Å². The molecule has 0 saturated carbocycles. The number of anilines is 1. The number of carbonyl (C=O) groups is 1. The molecule has 1 atom stereocenters. The highest BCUT2D eigenvalue weighted by atomic mass is 35.5. The Kier molecular flexibility index (Phi) is 7.07. The summed E-state index contributed by atoms with van der Waals surface area (Å²) in [5.41, 5.74) is 0.977. The molecule has 0 aliphatic carbocycles. The molecule has 0 saturated heterocycles. The second-order valence-electron chi connectivity index (χ2n) is 7.86. The zero-order chi connectivity index (χ0) is 25.3. The summed E-state index contributed by atoms with van der Waals surface area (Å²) in [7, 11) is -2.65. The number of ether oxygens (including phenoxy) is 1. The van der Waals surface area contributed by atoms with Crippen molar-refractivity contribution in [2.24, 2.45) is 7.05 Å². The number of sulfonamides is 1. The second-order valence-corrected chi connectivity index (χ2v) is 10.4. The molecule has 35 heavy (non-hydrogen) atoms. The van der Waals surface area contributed by atoms with Crippen LogP contribution in [-0.2, 0) is 21.9 Å². The summed E-state index contributed by atoms with van der Waals surface area (Å²) in [4.78, 5) is 15.0. The first-order valence-electron chi connectivity index (χ1n) is 10.4. The Balaban J connectivity index is 1.75. The largest absolute Gasteiger partial charge is 0.486 e. The lowest BCUT2D eigenvalue weighted by atomic mass is 10.1. The van der Waals surface area contributed by atoms with Crippen LogP contribution in [0, 0.1) is 5.82 Å². The zero-order valence-corrected chi connectivity index (χ0v) is 20.7. The predicted molar refractivity (Wildman–Crippen MR) is 131 cm³/mol. The number of hydrogen-bond acceptors (Lipinski definition) is 5. The molecule has 3 aromatic rings. The van der Waals surface area contributed by atoms with E-state index in [2.05, 4.69) is 4.98 Å². The fraction of sp³-hybridized carbons (Fsp3) is 0.217. The van der Waals surface area contributed by atoms with Crippen molar-refractivity contribution in [1.29, 1.82) is 0 Å². The van der Waals surface area contributed by atoms with Gasteiger partial charge in [0.1, 0.15) is 22.8 Å². The number of rotatable bonds is 7. The van der Waals surface area contributed by atoms with Gasteiger partial charge < -0.3 is 14.4 Å². The summed E-state index contributed by atoms with van der Waals surface area (Å²) in [6.45, 7) is -0.137. The molecule has 1 aliphatic heterocycles. The Morgan fingerprint density at radius 2 is 2.06 bits per heavy atom. The Morgan fingerprint density at radius 1 is 1.29 bits per heavy atom. The molecule has 8 nitrogen and oxygen atoms in total. The summed E-state index contributed by atoms with van der Waals surface area (Å²) in [6, 6.07) is 9.16. The summed E-state index contributed by atoms with van der Waals surface area (Å²) in [6.07, 6.45) is 3.59. The third kappa shape index (κ3) is 5.14. The standard InChI is InChI=1S/C23H20Cl2FN3O5S/c1-28-13-27-23(22(28)25)35(32,33)29-12-15(7-10-21(30)31)34-20-9-6-14(11-19(20)29)5-8-16-17(24)3-2-4-18(16)26/h2-6,8-9,11,13,15H,7,10,12H2,1H3,(H,30,31). The molecule has 1 aromatic heterocycles. The summed E-state index contributed by atoms with van der Waals surface area (Å²) in [5, 5.41) is 8.89. The Labute approximate surface area is 211 Å². The number of imidazole rings is 1. The molecule has 0 fully saturated rings. The Morgan fingerprint density at radius 3 is 2.71 bits per heavy atom. The van der Waals surface area contributed by atoms with E-state index in [1.807, 2.05) is 0 Å². The minimum Gasteiger partial charge on any atom is -0.486 e. The van der Waals surface area contributed by atoms with Crippen LogP contribution in [0.2, 0.25) is 10.2 Å². The molecule has 2 aromatic carbocycles. The highest BCUT2D eigenvalue weighted by molar-refractivity contribution is 7.92. The van der Waals surface area contributed by atoms with Gasteiger partial charge in [0.05, 0.1) is 23.6 Å². The van der Waals surface area contributed by atoms with Gasteiger partial charge in [-0.1, -0.05) is 41.4 Å². The van der Waals surface area contributed by atoms with E-state index in [9.17, 15) is 17.6 Å². The van der Waals surface area contributed by atoms with Gasteiger partial charge in [-0.3, -0.25) is 9.10 Å². The third-order valence-electron chi connectivity index (χ3n) is 5.41. The Hall–Kier alpha value is -3.08. The smallest absolute Gasteiger partial charge is 0.303 e. The molecule has 2 heterocycles. The van der Waals surface area contributed by atoms with Crippen LogP contribution in [0.25, 0.3) is 12.2 Å². The van der Waals surface area contributed by atoms with Crippen molar-refractivity contribution in [2.45, 2.75) is 24.0 Å². The van der Waals surface area contributed by atoms with E-state index in [1.165, 1.54) is 29.1 Å². The molecule has 1 aliphatic rings. The molecule has 1 unspecified atom stereocenters. The maximum Gasteiger partial charge on any atom is 0.303 e. The third-order valence-corrected chi connectivity index (χ3v) is 8.01. The molecular weight excluding hydrogens is 520 g/mol. The average Bonchev–Trinajstić information content (AvgIpc) is 3.15. The van der Waals surface area contributed by atoms with Crippen LogP contribution in [0.4, 0.5) is 10.1 Å². The summed E-state index contributed by atoms with van der Waals surface area (Å²) >= 11 is 12.3. The number of aromatic nitrogens is 2. The minimum absolute atomic E-state index is 0.0645. The normalized spacial score (nSPS) is 15.8. The topological polar surface area (TPSA) is 102 Å². The van der Waals surface area contributed by atoms with Gasteiger partial charge in [0.2, 0.25) is 5.03 Å². The quantitative estimate of drug-likeness (QED) is 0.430. The van der Waals surface area contributed by atoms with Crippen molar-refractivity contribution >= 4 is 57.0 Å². The molecule has 4 rings (SSSR count). The number of benzene rings is 2. The molecule has 0 spiro atoms. The number of carboxylic acid groups (broad SMARTS) is 1. The lowest BCUT2D eigenvalue weighted by Crippen LogP contribution is -2.44. The number of carboxylic acids is 1. The molecule has 0 radical (unpaired) electrons. The van der Waals surface area contributed by atoms with Gasteiger partial charge in [0.25, 0.3) is 10.0 Å². The summed E-state index contributed by atoms with van der Waals surface area (Å²) in [5.74, 6) is -1.26. The van der Waals surface area contributed by atoms with E-state index in [4.69, 9.17) is 33.0 Å². The van der Waals surface area contributed by atoms with Crippen LogP contribution in [0.5, 0.6) is 5.75 Å². The molecule has 0 amide bonds.